The van der Waals surface area contributed by atoms with Crippen LogP contribution in [0.5, 0.6) is 0 Å². The third-order valence-electron chi connectivity index (χ3n) is 5.47. The molecule has 1 aliphatic rings. The van der Waals surface area contributed by atoms with Gasteiger partial charge in [0.25, 0.3) is 0 Å². The molecule has 1 saturated heterocycles. The highest BCUT2D eigenvalue weighted by atomic mass is 35.5. The van der Waals surface area contributed by atoms with Crippen LogP contribution in [0.1, 0.15) is 23.6 Å². The first-order chi connectivity index (χ1) is 15.1. The van der Waals surface area contributed by atoms with E-state index in [-0.39, 0.29) is 5.91 Å². The van der Waals surface area contributed by atoms with Crippen molar-refractivity contribution in [1.29, 1.82) is 0 Å². The highest BCUT2D eigenvalue weighted by Gasteiger charge is 2.30. The van der Waals surface area contributed by atoms with E-state index in [0.29, 0.717) is 17.3 Å². The van der Waals surface area contributed by atoms with Gasteiger partial charge in [-0.2, -0.15) is 0 Å². The average Bonchev–Trinajstić information content (AvgIpc) is 2.74. The molecule has 0 aromatic heterocycles. The fraction of sp³-hybridized carbons (Fsp3) is 0.435. The van der Waals surface area contributed by atoms with E-state index in [1.165, 1.54) is 5.56 Å². The van der Waals surface area contributed by atoms with Crippen molar-refractivity contribution in [3.8, 4) is 0 Å². The van der Waals surface area contributed by atoms with Crippen LogP contribution in [-0.2, 0) is 32.6 Å². The predicted molar refractivity (Wildman–Crippen MR) is 127 cm³/mol. The van der Waals surface area contributed by atoms with Crippen molar-refractivity contribution >= 4 is 33.2 Å². The number of benzene rings is 2. The number of hydrogen-bond donors (Lipinski definition) is 1. The molecule has 1 amide bonds. The first-order valence-corrected chi connectivity index (χ1v) is 12.8. The van der Waals surface area contributed by atoms with E-state index in [1.54, 1.807) is 32.0 Å². The summed E-state index contributed by atoms with van der Waals surface area (Å²) in [5.41, 5.74) is 3.24. The van der Waals surface area contributed by atoms with Gasteiger partial charge < -0.3 is 10.1 Å². The van der Waals surface area contributed by atoms with Crippen LogP contribution in [0.2, 0.25) is 5.02 Å². The zero-order valence-corrected chi connectivity index (χ0v) is 20.2. The van der Waals surface area contributed by atoms with Crippen molar-refractivity contribution in [2.45, 2.75) is 33.0 Å². The van der Waals surface area contributed by atoms with Gasteiger partial charge in [-0.15, -0.1) is 0 Å². The molecule has 0 bridgehead atoms. The van der Waals surface area contributed by atoms with Gasteiger partial charge in [0.2, 0.25) is 15.9 Å². The summed E-state index contributed by atoms with van der Waals surface area (Å²) in [7, 11) is -3.71. The maximum Gasteiger partial charge on any atom is 0.243 e. The maximum atomic E-state index is 12.9. The first kappa shape index (κ1) is 24.5. The molecule has 1 atom stereocenters. The average molecular weight is 480 g/mol. The van der Waals surface area contributed by atoms with Crippen LogP contribution in [0.15, 0.2) is 42.5 Å². The number of nitrogens with one attached hydrogen (secondary N) is 1. The lowest BCUT2D eigenvalue weighted by Gasteiger charge is -2.29. The summed E-state index contributed by atoms with van der Waals surface area (Å²) in [5, 5.41) is 3.28. The summed E-state index contributed by atoms with van der Waals surface area (Å²) in [5.74, 6) is -0.381. The molecular formula is C23H30ClN3O4S. The first-order valence-electron chi connectivity index (χ1n) is 10.6. The second-order valence-electron chi connectivity index (χ2n) is 8.09. The molecule has 2 aromatic rings. The highest BCUT2D eigenvalue weighted by molar-refractivity contribution is 7.92. The van der Waals surface area contributed by atoms with Gasteiger partial charge in [-0.1, -0.05) is 41.9 Å². The molecule has 3 rings (SSSR count). The highest BCUT2D eigenvalue weighted by Crippen LogP contribution is 2.28. The molecule has 0 unspecified atom stereocenters. The van der Waals surface area contributed by atoms with Crippen LogP contribution in [-0.4, -0.2) is 57.8 Å². The van der Waals surface area contributed by atoms with E-state index in [4.69, 9.17) is 16.3 Å². The predicted octanol–water partition coefficient (Wildman–Crippen LogP) is 2.95. The van der Waals surface area contributed by atoms with Crippen LogP contribution in [0.25, 0.3) is 0 Å². The molecular weight excluding hydrogens is 450 g/mol. The van der Waals surface area contributed by atoms with Crippen LogP contribution in [0.3, 0.4) is 0 Å². The number of halogens is 1. The monoisotopic (exact) mass is 479 g/mol. The number of aryl methyl sites for hydroxylation is 1. The Balaban J connectivity index is 1.69. The zero-order valence-electron chi connectivity index (χ0n) is 18.7. The number of sulfonamides is 1. The number of carbonyl (C=O) groups is 1. The van der Waals surface area contributed by atoms with Gasteiger partial charge in [-0.25, -0.2) is 8.42 Å². The molecule has 1 fully saturated rings. The molecule has 7 nitrogen and oxygen atoms in total. The smallest absolute Gasteiger partial charge is 0.243 e. The number of nitrogens with zero attached hydrogens (tertiary/aromatic N) is 2. The second-order valence-corrected chi connectivity index (χ2v) is 10.4. The molecule has 0 spiro atoms. The SMILES string of the molecule is Cc1ccc(Cl)cc1N([C@@H](C)C(=O)NCc1cccc(CN2CCOCC2)c1)S(C)(=O)=O. The standard InChI is InChI=1S/C23H30ClN3O4S/c1-17-7-8-21(24)14-22(17)27(32(3,29)30)18(2)23(28)25-15-19-5-4-6-20(13-19)16-26-9-11-31-12-10-26/h4-8,13-14,18H,9-12,15-16H2,1-3H3,(H,25,28)/t18-/m0/s1. The molecule has 0 saturated carbocycles. The summed E-state index contributed by atoms with van der Waals surface area (Å²) < 4.78 is 31.6. The van der Waals surface area contributed by atoms with Crippen LogP contribution in [0.4, 0.5) is 5.69 Å². The number of ether oxygens (including phenoxy) is 1. The van der Waals surface area contributed by atoms with E-state index in [9.17, 15) is 13.2 Å². The van der Waals surface area contributed by atoms with Crippen molar-refractivity contribution in [2.75, 3.05) is 36.9 Å². The van der Waals surface area contributed by atoms with Crippen molar-refractivity contribution in [3.05, 3.63) is 64.2 Å². The number of amides is 1. The summed E-state index contributed by atoms with van der Waals surface area (Å²) in [6, 6.07) is 12.1. The number of rotatable bonds is 8. The number of carbonyl (C=O) groups excluding carboxylic acids is 1. The largest absolute Gasteiger partial charge is 0.379 e. The molecule has 174 valence electrons. The minimum Gasteiger partial charge on any atom is -0.379 e. The Labute approximate surface area is 195 Å². The molecule has 2 aromatic carbocycles. The lowest BCUT2D eigenvalue weighted by Crippen LogP contribution is -2.48. The van der Waals surface area contributed by atoms with Crippen molar-refractivity contribution in [3.63, 3.8) is 0 Å². The minimum atomic E-state index is -3.71. The Morgan fingerprint density at radius 1 is 1.19 bits per heavy atom. The molecule has 1 N–H and O–H groups in total. The molecule has 9 heteroatoms. The van der Waals surface area contributed by atoms with Crippen LogP contribution < -0.4 is 9.62 Å². The van der Waals surface area contributed by atoms with E-state index in [1.807, 2.05) is 12.1 Å². The third-order valence-corrected chi connectivity index (χ3v) is 6.93. The quantitative estimate of drug-likeness (QED) is 0.629. The maximum absolute atomic E-state index is 12.9. The van der Waals surface area contributed by atoms with Crippen molar-refractivity contribution in [1.82, 2.24) is 10.2 Å². The Morgan fingerprint density at radius 3 is 2.56 bits per heavy atom. The molecule has 1 aliphatic heterocycles. The molecule has 1 heterocycles. The summed E-state index contributed by atoms with van der Waals surface area (Å²) in [4.78, 5) is 15.2. The van der Waals surface area contributed by atoms with E-state index in [0.717, 1.165) is 54.5 Å². The van der Waals surface area contributed by atoms with Gasteiger partial charge in [-0.05, 0) is 42.7 Å². The Kier molecular flexibility index (Phi) is 8.16. The van der Waals surface area contributed by atoms with Crippen molar-refractivity contribution in [2.24, 2.45) is 0 Å². The molecule has 0 radical (unpaired) electrons. The summed E-state index contributed by atoms with van der Waals surface area (Å²) in [6.45, 7) is 7.81. The van der Waals surface area contributed by atoms with E-state index < -0.39 is 16.1 Å². The van der Waals surface area contributed by atoms with Gasteiger partial charge in [0.05, 0.1) is 25.2 Å². The topological polar surface area (TPSA) is 79.0 Å². The van der Waals surface area contributed by atoms with Crippen molar-refractivity contribution < 1.29 is 17.9 Å². The lowest BCUT2D eigenvalue weighted by atomic mass is 10.1. The van der Waals surface area contributed by atoms with Crippen LogP contribution >= 0.6 is 11.6 Å². The normalized spacial score (nSPS) is 15.9. The Bertz CT molecular complexity index is 1050. The summed E-state index contributed by atoms with van der Waals surface area (Å²) in [6.07, 6.45) is 1.09. The number of anilines is 1. The van der Waals surface area contributed by atoms with Gasteiger partial charge in [0, 0.05) is 31.2 Å². The fourth-order valence-corrected chi connectivity index (χ4v) is 5.18. The van der Waals surface area contributed by atoms with E-state index >= 15 is 0 Å². The zero-order chi connectivity index (χ0) is 23.3. The number of hydrogen-bond acceptors (Lipinski definition) is 5. The molecule has 0 aliphatic carbocycles. The fourth-order valence-electron chi connectivity index (χ4n) is 3.79. The Hall–Kier alpha value is -2.13. The number of morpholine rings is 1. The second kappa shape index (κ2) is 10.7. The summed E-state index contributed by atoms with van der Waals surface area (Å²) >= 11 is 6.09. The minimum absolute atomic E-state index is 0.312. The van der Waals surface area contributed by atoms with Gasteiger partial charge >= 0.3 is 0 Å². The molecule has 32 heavy (non-hydrogen) atoms. The lowest BCUT2D eigenvalue weighted by molar-refractivity contribution is -0.122. The third kappa shape index (κ3) is 6.45. The van der Waals surface area contributed by atoms with Gasteiger partial charge in [0.1, 0.15) is 6.04 Å². The Morgan fingerprint density at radius 2 is 1.88 bits per heavy atom. The van der Waals surface area contributed by atoms with Crippen LogP contribution in [0, 0.1) is 6.92 Å². The van der Waals surface area contributed by atoms with Gasteiger partial charge in [-0.3, -0.25) is 14.0 Å². The van der Waals surface area contributed by atoms with E-state index in [2.05, 4.69) is 22.3 Å². The van der Waals surface area contributed by atoms with Gasteiger partial charge in [0.15, 0.2) is 0 Å².